The standard InChI is InChI=1S/C16H21F3N2O2/c1-11(2)10-20-15(23)8-9-21(12(3)22)14-6-4-13(5-7-14)16(17,18)19/h4-7,11H,8-10H2,1-3H3,(H,20,23). The third kappa shape index (κ3) is 6.30. The van der Waals surface area contributed by atoms with Gasteiger partial charge in [-0.3, -0.25) is 9.59 Å². The van der Waals surface area contributed by atoms with Crippen LogP contribution in [-0.4, -0.2) is 24.9 Å². The van der Waals surface area contributed by atoms with Crippen molar-refractivity contribution in [1.29, 1.82) is 0 Å². The number of benzene rings is 1. The largest absolute Gasteiger partial charge is 0.416 e. The molecule has 0 aromatic heterocycles. The minimum Gasteiger partial charge on any atom is -0.356 e. The number of carbonyl (C=O) groups excluding carboxylic acids is 2. The van der Waals surface area contributed by atoms with E-state index in [9.17, 15) is 22.8 Å². The van der Waals surface area contributed by atoms with E-state index in [1.807, 2.05) is 13.8 Å². The molecule has 0 aliphatic rings. The predicted octanol–water partition coefficient (Wildman–Crippen LogP) is 3.22. The zero-order valence-corrected chi connectivity index (χ0v) is 13.4. The Bertz CT molecular complexity index is 539. The Morgan fingerprint density at radius 1 is 1.17 bits per heavy atom. The second-order valence-electron chi connectivity index (χ2n) is 5.66. The quantitative estimate of drug-likeness (QED) is 0.871. The van der Waals surface area contributed by atoms with Gasteiger partial charge in [0.1, 0.15) is 0 Å². The molecular formula is C16H21F3N2O2. The molecule has 1 N–H and O–H groups in total. The Morgan fingerprint density at radius 2 is 1.74 bits per heavy atom. The van der Waals surface area contributed by atoms with Crippen LogP contribution in [0.15, 0.2) is 24.3 Å². The van der Waals surface area contributed by atoms with E-state index in [1.54, 1.807) is 0 Å². The zero-order chi connectivity index (χ0) is 17.6. The van der Waals surface area contributed by atoms with Gasteiger partial charge >= 0.3 is 6.18 Å². The van der Waals surface area contributed by atoms with Gasteiger partial charge in [-0.05, 0) is 30.2 Å². The predicted molar refractivity (Wildman–Crippen MR) is 81.9 cm³/mol. The molecule has 1 aromatic carbocycles. The fourth-order valence-corrected chi connectivity index (χ4v) is 1.92. The number of amides is 2. The molecule has 0 saturated heterocycles. The summed E-state index contributed by atoms with van der Waals surface area (Å²) in [4.78, 5) is 24.7. The van der Waals surface area contributed by atoms with E-state index < -0.39 is 11.7 Å². The monoisotopic (exact) mass is 330 g/mol. The minimum atomic E-state index is -4.42. The molecule has 4 nitrogen and oxygen atoms in total. The molecule has 0 heterocycles. The summed E-state index contributed by atoms with van der Waals surface area (Å²) < 4.78 is 37.6. The first-order chi connectivity index (χ1) is 10.6. The number of carbonyl (C=O) groups is 2. The van der Waals surface area contributed by atoms with Crippen LogP contribution in [-0.2, 0) is 15.8 Å². The first-order valence-electron chi connectivity index (χ1n) is 7.33. The van der Waals surface area contributed by atoms with Crippen molar-refractivity contribution in [3.8, 4) is 0 Å². The summed E-state index contributed by atoms with van der Waals surface area (Å²) in [5.41, 5.74) is -0.443. The van der Waals surface area contributed by atoms with Crippen molar-refractivity contribution in [3.63, 3.8) is 0 Å². The fraction of sp³-hybridized carbons (Fsp3) is 0.500. The minimum absolute atomic E-state index is 0.0906. The van der Waals surface area contributed by atoms with E-state index >= 15 is 0 Å². The normalized spacial score (nSPS) is 11.4. The van der Waals surface area contributed by atoms with Crippen LogP contribution in [0.4, 0.5) is 18.9 Å². The van der Waals surface area contributed by atoms with Crippen LogP contribution in [0.1, 0.15) is 32.8 Å². The highest BCUT2D eigenvalue weighted by Crippen LogP contribution is 2.30. The number of anilines is 1. The average Bonchev–Trinajstić information content (AvgIpc) is 2.44. The Hall–Kier alpha value is -2.05. The number of hydrogen-bond donors (Lipinski definition) is 1. The van der Waals surface area contributed by atoms with Crippen molar-refractivity contribution in [2.75, 3.05) is 18.0 Å². The molecule has 2 amide bonds. The van der Waals surface area contributed by atoms with Crippen LogP contribution in [0, 0.1) is 5.92 Å². The molecule has 1 aromatic rings. The first kappa shape index (κ1) is 19.0. The van der Waals surface area contributed by atoms with Crippen LogP contribution in [0.3, 0.4) is 0 Å². The lowest BCUT2D eigenvalue weighted by molar-refractivity contribution is -0.137. The van der Waals surface area contributed by atoms with Crippen LogP contribution in [0.2, 0.25) is 0 Å². The van der Waals surface area contributed by atoms with Gasteiger partial charge in [-0.2, -0.15) is 13.2 Å². The van der Waals surface area contributed by atoms with Crippen LogP contribution in [0.5, 0.6) is 0 Å². The SMILES string of the molecule is CC(=O)N(CCC(=O)NCC(C)C)c1ccc(C(F)(F)F)cc1. The molecule has 0 saturated carbocycles. The van der Waals surface area contributed by atoms with Crippen molar-refractivity contribution in [2.45, 2.75) is 33.4 Å². The Morgan fingerprint density at radius 3 is 2.17 bits per heavy atom. The first-order valence-corrected chi connectivity index (χ1v) is 7.33. The van der Waals surface area contributed by atoms with E-state index in [4.69, 9.17) is 0 Å². The molecular weight excluding hydrogens is 309 g/mol. The second-order valence-corrected chi connectivity index (χ2v) is 5.66. The van der Waals surface area contributed by atoms with Crippen molar-refractivity contribution in [3.05, 3.63) is 29.8 Å². The van der Waals surface area contributed by atoms with Gasteiger partial charge < -0.3 is 10.2 Å². The summed E-state index contributed by atoms with van der Waals surface area (Å²) in [6.07, 6.45) is -4.33. The van der Waals surface area contributed by atoms with E-state index in [1.165, 1.54) is 24.0 Å². The van der Waals surface area contributed by atoms with Crippen molar-refractivity contribution < 1.29 is 22.8 Å². The van der Waals surface area contributed by atoms with Gasteiger partial charge in [0.25, 0.3) is 0 Å². The highest BCUT2D eigenvalue weighted by molar-refractivity contribution is 5.92. The number of rotatable bonds is 6. The molecule has 0 unspecified atom stereocenters. The Balaban J connectivity index is 2.72. The third-order valence-electron chi connectivity index (χ3n) is 3.16. The topological polar surface area (TPSA) is 49.4 Å². The molecule has 128 valence electrons. The molecule has 0 atom stereocenters. The summed E-state index contributed by atoms with van der Waals surface area (Å²) >= 11 is 0. The maximum atomic E-state index is 12.5. The highest BCUT2D eigenvalue weighted by Gasteiger charge is 2.30. The molecule has 0 aliphatic carbocycles. The van der Waals surface area contributed by atoms with Crippen molar-refractivity contribution in [2.24, 2.45) is 5.92 Å². The molecule has 0 bridgehead atoms. The van der Waals surface area contributed by atoms with E-state index in [-0.39, 0.29) is 24.8 Å². The summed E-state index contributed by atoms with van der Waals surface area (Å²) in [7, 11) is 0. The van der Waals surface area contributed by atoms with Gasteiger partial charge in [-0.1, -0.05) is 13.8 Å². The number of nitrogens with zero attached hydrogens (tertiary/aromatic N) is 1. The van der Waals surface area contributed by atoms with E-state index in [0.29, 0.717) is 18.2 Å². The van der Waals surface area contributed by atoms with Gasteiger partial charge in [0.2, 0.25) is 11.8 Å². The van der Waals surface area contributed by atoms with Gasteiger partial charge in [0.15, 0.2) is 0 Å². The average molecular weight is 330 g/mol. The lowest BCUT2D eigenvalue weighted by Crippen LogP contribution is -2.34. The van der Waals surface area contributed by atoms with Gasteiger partial charge in [0, 0.05) is 32.1 Å². The maximum Gasteiger partial charge on any atom is 0.416 e. The molecule has 0 fully saturated rings. The molecule has 0 spiro atoms. The summed E-state index contributed by atoms with van der Waals surface area (Å²) in [5.74, 6) is -0.212. The molecule has 7 heteroatoms. The fourth-order valence-electron chi connectivity index (χ4n) is 1.92. The second kappa shape index (κ2) is 7.99. The Kier molecular flexibility index (Phi) is 6.60. The van der Waals surface area contributed by atoms with Crippen molar-refractivity contribution in [1.82, 2.24) is 5.32 Å². The molecule has 0 radical (unpaired) electrons. The summed E-state index contributed by atoms with van der Waals surface area (Å²) in [6.45, 7) is 5.89. The molecule has 0 aliphatic heterocycles. The number of hydrogen-bond acceptors (Lipinski definition) is 2. The van der Waals surface area contributed by atoms with Gasteiger partial charge in [0.05, 0.1) is 5.56 Å². The van der Waals surface area contributed by atoms with E-state index in [0.717, 1.165) is 12.1 Å². The van der Waals surface area contributed by atoms with Crippen LogP contribution < -0.4 is 10.2 Å². The lowest BCUT2D eigenvalue weighted by Gasteiger charge is -2.21. The van der Waals surface area contributed by atoms with Crippen LogP contribution >= 0.6 is 0 Å². The van der Waals surface area contributed by atoms with Gasteiger partial charge in [-0.25, -0.2) is 0 Å². The van der Waals surface area contributed by atoms with Gasteiger partial charge in [-0.15, -0.1) is 0 Å². The molecule has 23 heavy (non-hydrogen) atoms. The smallest absolute Gasteiger partial charge is 0.356 e. The van der Waals surface area contributed by atoms with Crippen molar-refractivity contribution >= 4 is 17.5 Å². The molecule has 1 rings (SSSR count). The highest BCUT2D eigenvalue weighted by atomic mass is 19.4. The summed E-state index contributed by atoms with van der Waals surface area (Å²) in [6, 6.07) is 4.31. The number of halogens is 3. The maximum absolute atomic E-state index is 12.5. The third-order valence-corrected chi connectivity index (χ3v) is 3.16. The lowest BCUT2D eigenvalue weighted by atomic mass is 10.2. The summed E-state index contributed by atoms with van der Waals surface area (Å²) in [5, 5.41) is 2.73. The van der Waals surface area contributed by atoms with E-state index in [2.05, 4.69) is 5.32 Å². The zero-order valence-electron chi connectivity index (χ0n) is 13.4. The Labute approximate surface area is 133 Å². The number of nitrogens with one attached hydrogen (secondary N) is 1. The number of alkyl halides is 3. The van der Waals surface area contributed by atoms with Crippen LogP contribution in [0.25, 0.3) is 0 Å².